The summed E-state index contributed by atoms with van der Waals surface area (Å²) >= 11 is 0. The van der Waals surface area contributed by atoms with Gasteiger partial charge in [0.05, 0.1) is 11.7 Å². The normalized spacial score (nSPS) is 22.1. The topological polar surface area (TPSA) is 53.2 Å². The fourth-order valence-electron chi connectivity index (χ4n) is 2.93. The van der Waals surface area contributed by atoms with Gasteiger partial charge in [-0.1, -0.05) is 12.5 Å². The molecule has 3 N–H and O–H groups in total. The first kappa shape index (κ1) is 13.5. The molecule has 0 aromatic heterocycles. The molecule has 0 spiro atoms. The van der Waals surface area contributed by atoms with E-state index in [1.54, 1.807) is 6.07 Å². The number of benzene rings is 1. The number of hydrogen-bond acceptors (Lipinski definition) is 3. The second-order valence-electron chi connectivity index (χ2n) is 5.48. The second-order valence-corrected chi connectivity index (χ2v) is 5.48. The maximum atomic E-state index is 14.4. The minimum Gasteiger partial charge on any atom is -0.322 e. The zero-order valence-corrected chi connectivity index (χ0v) is 11.5. The molecule has 1 aromatic carbocycles. The third-order valence-corrected chi connectivity index (χ3v) is 4.09. The van der Waals surface area contributed by atoms with Crippen LogP contribution in [0.3, 0.4) is 0 Å². The standard InChI is InChI=1S/C15H20FN3O/c16-14-11-6-8-17-9-10(11)4-5-12(14)19-15(20)13-3-1-2-7-18-13/h4-5,13,17-18H,1-3,6-9H2,(H,19,20). The van der Waals surface area contributed by atoms with Crippen LogP contribution in [0.1, 0.15) is 30.4 Å². The molecule has 2 aliphatic rings. The van der Waals surface area contributed by atoms with Gasteiger partial charge in [0.25, 0.3) is 0 Å². The number of halogens is 1. The van der Waals surface area contributed by atoms with Crippen molar-refractivity contribution in [1.82, 2.24) is 10.6 Å². The maximum absolute atomic E-state index is 14.4. The Labute approximate surface area is 118 Å². The smallest absolute Gasteiger partial charge is 0.241 e. The van der Waals surface area contributed by atoms with E-state index in [1.165, 1.54) is 0 Å². The Morgan fingerprint density at radius 3 is 3.00 bits per heavy atom. The Hall–Kier alpha value is -1.46. The molecule has 0 aliphatic carbocycles. The van der Waals surface area contributed by atoms with Gasteiger partial charge in [0.2, 0.25) is 5.91 Å². The summed E-state index contributed by atoms with van der Waals surface area (Å²) in [7, 11) is 0. The summed E-state index contributed by atoms with van der Waals surface area (Å²) < 4.78 is 14.4. The van der Waals surface area contributed by atoms with Gasteiger partial charge in [0.15, 0.2) is 0 Å². The quantitative estimate of drug-likeness (QED) is 0.769. The number of rotatable bonds is 2. The molecule has 1 atom stereocenters. The summed E-state index contributed by atoms with van der Waals surface area (Å²) in [5.41, 5.74) is 2.03. The largest absolute Gasteiger partial charge is 0.322 e. The van der Waals surface area contributed by atoms with Gasteiger partial charge in [0, 0.05) is 6.54 Å². The number of piperidine rings is 1. The van der Waals surface area contributed by atoms with Crippen LogP contribution in [0.2, 0.25) is 0 Å². The second kappa shape index (κ2) is 5.89. The molecule has 20 heavy (non-hydrogen) atoms. The van der Waals surface area contributed by atoms with Crippen molar-refractivity contribution >= 4 is 11.6 Å². The number of hydrogen-bond donors (Lipinski definition) is 3. The fourth-order valence-corrected chi connectivity index (χ4v) is 2.93. The van der Waals surface area contributed by atoms with Crippen LogP contribution in [0.25, 0.3) is 0 Å². The van der Waals surface area contributed by atoms with Crippen molar-refractivity contribution in [3.63, 3.8) is 0 Å². The molecular weight excluding hydrogens is 257 g/mol. The lowest BCUT2D eigenvalue weighted by Gasteiger charge is -2.24. The maximum Gasteiger partial charge on any atom is 0.241 e. The predicted molar refractivity (Wildman–Crippen MR) is 76.1 cm³/mol. The van der Waals surface area contributed by atoms with Gasteiger partial charge < -0.3 is 16.0 Å². The number of carbonyl (C=O) groups is 1. The molecular formula is C15H20FN3O. The lowest BCUT2D eigenvalue weighted by molar-refractivity contribution is -0.118. The zero-order chi connectivity index (χ0) is 13.9. The molecule has 2 aliphatic heterocycles. The van der Waals surface area contributed by atoms with Crippen LogP contribution in [0.4, 0.5) is 10.1 Å². The van der Waals surface area contributed by atoms with Crippen molar-refractivity contribution in [2.45, 2.75) is 38.3 Å². The lowest BCUT2D eigenvalue weighted by Crippen LogP contribution is -2.43. The summed E-state index contributed by atoms with van der Waals surface area (Å²) in [6.07, 6.45) is 3.64. The summed E-state index contributed by atoms with van der Waals surface area (Å²) in [6.45, 7) is 2.34. The Morgan fingerprint density at radius 2 is 2.20 bits per heavy atom. The average Bonchev–Trinajstić information content (AvgIpc) is 2.51. The number of anilines is 1. The number of amides is 1. The molecule has 4 nitrogen and oxygen atoms in total. The molecule has 0 radical (unpaired) electrons. The number of carbonyl (C=O) groups excluding carboxylic acids is 1. The molecule has 1 unspecified atom stereocenters. The Morgan fingerprint density at radius 1 is 1.30 bits per heavy atom. The van der Waals surface area contributed by atoms with Crippen LogP contribution in [0, 0.1) is 5.82 Å². The molecule has 0 bridgehead atoms. The van der Waals surface area contributed by atoms with E-state index in [-0.39, 0.29) is 17.8 Å². The van der Waals surface area contributed by atoms with E-state index >= 15 is 0 Å². The average molecular weight is 277 g/mol. The molecule has 2 heterocycles. The third kappa shape index (κ3) is 2.69. The number of fused-ring (bicyclic) bond motifs is 1. The van der Waals surface area contributed by atoms with E-state index in [0.717, 1.165) is 43.5 Å². The predicted octanol–water partition coefficient (Wildman–Crippen LogP) is 1.55. The molecule has 1 amide bonds. The summed E-state index contributed by atoms with van der Waals surface area (Å²) in [6, 6.07) is 3.37. The summed E-state index contributed by atoms with van der Waals surface area (Å²) in [5.74, 6) is -0.398. The molecule has 5 heteroatoms. The first-order chi connectivity index (χ1) is 9.75. The summed E-state index contributed by atoms with van der Waals surface area (Å²) in [4.78, 5) is 12.1. The van der Waals surface area contributed by atoms with Crippen molar-refractivity contribution in [2.75, 3.05) is 18.4 Å². The third-order valence-electron chi connectivity index (χ3n) is 4.09. The van der Waals surface area contributed by atoms with Gasteiger partial charge in [-0.2, -0.15) is 0 Å². The van der Waals surface area contributed by atoms with Gasteiger partial charge >= 0.3 is 0 Å². The monoisotopic (exact) mass is 277 g/mol. The Balaban J connectivity index is 1.75. The van der Waals surface area contributed by atoms with Crippen LogP contribution < -0.4 is 16.0 Å². The Kier molecular flexibility index (Phi) is 3.98. The Bertz CT molecular complexity index is 512. The van der Waals surface area contributed by atoms with Crippen molar-refractivity contribution < 1.29 is 9.18 Å². The zero-order valence-electron chi connectivity index (χ0n) is 11.5. The van der Waals surface area contributed by atoms with E-state index in [2.05, 4.69) is 16.0 Å². The minimum absolute atomic E-state index is 0.127. The van der Waals surface area contributed by atoms with Crippen LogP contribution in [0.15, 0.2) is 12.1 Å². The van der Waals surface area contributed by atoms with E-state index in [1.807, 2.05) is 6.07 Å². The van der Waals surface area contributed by atoms with E-state index in [4.69, 9.17) is 0 Å². The van der Waals surface area contributed by atoms with E-state index in [0.29, 0.717) is 18.7 Å². The van der Waals surface area contributed by atoms with Crippen molar-refractivity contribution in [3.8, 4) is 0 Å². The van der Waals surface area contributed by atoms with Gasteiger partial charge in [-0.25, -0.2) is 4.39 Å². The van der Waals surface area contributed by atoms with Crippen molar-refractivity contribution in [2.24, 2.45) is 0 Å². The molecule has 0 saturated carbocycles. The van der Waals surface area contributed by atoms with E-state index < -0.39 is 0 Å². The molecule has 1 saturated heterocycles. The van der Waals surface area contributed by atoms with Crippen LogP contribution >= 0.6 is 0 Å². The molecule has 3 rings (SSSR count). The van der Waals surface area contributed by atoms with Crippen molar-refractivity contribution in [3.05, 3.63) is 29.1 Å². The van der Waals surface area contributed by atoms with Crippen LogP contribution in [0.5, 0.6) is 0 Å². The first-order valence-electron chi connectivity index (χ1n) is 7.31. The first-order valence-corrected chi connectivity index (χ1v) is 7.31. The van der Waals surface area contributed by atoms with Gasteiger partial charge in [0.1, 0.15) is 5.82 Å². The molecule has 1 aromatic rings. The molecule has 1 fully saturated rings. The van der Waals surface area contributed by atoms with Gasteiger partial charge in [-0.3, -0.25) is 4.79 Å². The highest BCUT2D eigenvalue weighted by Crippen LogP contribution is 2.25. The van der Waals surface area contributed by atoms with Gasteiger partial charge in [-0.05, 0) is 49.5 Å². The fraction of sp³-hybridized carbons (Fsp3) is 0.533. The minimum atomic E-state index is -0.270. The highest BCUT2D eigenvalue weighted by atomic mass is 19.1. The van der Waals surface area contributed by atoms with Crippen LogP contribution in [-0.2, 0) is 17.8 Å². The molecule has 108 valence electrons. The highest BCUT2D eigenvalue weighted by molar-refractivity contribution is 5.95. The number of nitrogens with one attached hydrogen (secondary N) is 3. The lowest BCUT2D eigenvalue weighted by atomic mass is 9.99. The summed E-state index contributed by atoms with van der Waals surface area (Å²) in [5, 5.41) is 9.13. The van der Waals surface area contributed by atoms with Crippen molar-refractivity contribution in [1.29, 1.82) is 0 Å². The van der Waals surface area contributed by atoms with E-state index in [9.17, 15) is 9.18 Å². The SMILES string of the molecule is O=C(Nc1ccc2c(c1F)CCNC2)C1CCCCN1. The van der Waals surface area contributed by atoms with Crippen LogP contribution in [-0.4, -0.2) is 25.0 Å². The van der Waals surface area contributed by atoms with Gasteiger partial charge in [-0.15, -0.1) is 0 Å². The highest BCUT2D eigenvalue weighted by Gasteiger charge is 2.23.